The van der Waals surface area contributed by atoms with Gasteiger partial charge in [0.2, 0.25) is 0 Å². The number of rotatable bonds is 9. The van der Waals surface area contributed by atoms with E-state index < -0.39 is 6.10 Å². The Labute approximate surface area is 156 Å². The molecule has 4 nitrogen and oxygen atoms in total. The van der Waals surface area contributed by atoms with Gasteiger partial charge in [-0.05, 0) is 55.7 Å². The summed E-state index contributed by atoms with van der Waals surface area (Å²) in [6.45, 7) is 6.67. The Morgan fingerprint density at radius 2 is 1.73 bits per heavy atom. The van der Waals surface area contributed by atoms with Crippen molar-refractivity contribution in [3.8, 4) is 5.75 Å². The Kier molecular flexibility index (Phi) is 7.06. The minimum atomic E-state index is -0.515. The fourth-order valence-electron chi connectivity index (χ4n) is 3.52. The number of nitrogens with one attached hydrogen (secondary N) is 1. The molecule has 0 bridgehead atoms. The molecule has 4 heteroatoms. The first-order valence-electron chi connectivity index (χ1n) is 9.66. The second-order valence-electron chi connectivity index (χ2n) is 6.96. The zero-order chi connectivity index (χ0) is 18.2. The summed E-state index contributed by atoms with van der Waals surface area (Å²) in [6, 6.07) is 18.0. The summed E-state index contributed by atoms with van der Waals surface area (Å²) < 4.78 is 5.84. The van der Waals surface area contributed by atoms with Crippen molar-refractivity contribution in [2.75, 3.05) is 26.2 Å². The molecular weight excluding hydrogens is 324 g/mol. The smallest absolute Gasteiger partial charge is 0.119 e. The maximum absolute atomic E-state index is 10.8. The lowest BCUT2D eigenvalue weighted by atomic mass is 10.0. The maximum Gasteiger partial charge on any atom is 0.119 e. The van der Waals surface area contributed by atoms with E-state index in [4.69, 9.17) is 4.74 Å². The second kappa shape index (κ2) is 9.72. The van der Waals surface area contributed by atoms with Gasteiger partial charge in [-0.3, -0.25) is 0 Å². The van der Waals surface area contributed by atoms with Crippen LogP contribution in [-0.4, -0.2) is 42.2 Å². The molecule has 1 saturated heterocycles. The molecular formula is C22H30N2O2. The van der Waals surface area contributed by atoms with Crippen molar-refractivity contribution in [3.05, 3.63) is 65.7 Å². The highest BCUT2D eigenvalue weighted by atomic mass is 16.5. The molecule has 1 aliphatic rings. The molecule has 2 aromatic rings. The van der Waals surface area contributed by atoms with Gasteiger partial charge in [-0.15, -0.1) is 0 Å². The van der Waals surface area contributed by atoms with Gasteiger partial charge < -0.3 is 20.1 Å². The Hall–Kier alpha value is -1.88. The van der Waals surface area contributed by atoms with E-state index >= 15 is 0 Å². The third-order valence-corrected chi connectivity index (χ3v) is 4.97. The maximum atomic E-state index is 10.8. The standard InChI is InChI=1S/C22H30N2O2/c1-2-23-21(16-24-14-6-7-15-24)22(25)19-10-12-20(13-11-19)26-17-18-8-4-3-5-9-18/h3-5,8-13,21-23,25H,2,6-7,14-17H2,1H3. The minimum absolute atomic E-state index is 0.0502. The van der Waals surface area contributed by atoms with Crippen molar-refractivity contribution in [3.63, 3.8) is 0 Å². The van der Waals surface area contributed by atoms with E-state index in [0.29, 0.717) is 6.61 Å². The molecule has 140 valence electrons. The second-order valence-corrected chi connectivity index (χ2v) is 6.96. The number of likely N-dealkylation sites (tertiary alicyclic amines) is 1. The fourth-order valence-corrected chi connectivity index (χ4v) is 3.52. The van der Waals surface area contributed by atoms with Gasteiger partial charge in [0.25, 0.3) is 0 Å². The number of aliphatic hydroxyl groups excluding tert-OH is 1. The average molecular weight is 354 g/mol. The molecule has 2 unspecified atom stereocenters. The van der Waals surface area contributed by atoms with E-state index in [1.165, 1.54) is 12.8 Å². The molecule has 0 aliphatic carbocycles. The molecule has 1 fully saturated rings. The zero-order valence-electron chi connectivity index (χ0n) is 15.6. The van der Waals surface area contributed by atoms with Crippen molar-refractivity contribution in [2.24, 2.45) is 0 Å². The largest absolute Gasteiger partial charge is 0.489 e. The highest BCUT2D eigenvalue weighted by Gasteiger charge is 2.24. The van der Waals surface area contributed by atoms with Gasteiger partial charge in [-0.25, -0.2) is 0 Å². The van der Waals surface area contributed by atoms with E-state index in [2.05, 4.69) is 29.3 Å². The van der Waals surface area contributed by atoms with Crippen molar-refractivity contribution in [1.82, 2.24) is 10.2 Å². The Morgan fingerprint density at radius 3 is 2.38 bits per heavy atom. The molecule has 26 heavy (non-hydrogen) atoms. The van der Waals surface area contributed by atoms with Gasteiger partial charge in [0.05, 0.1) is 6.10 Å². The van der Waals surface area contributed by atoms with E-state index in [1.807, 2.05) is 42.5 Å². The highest BCUT2D eigenvalue weighted by Crippen LogP contribution is 2.22. The lowest BCUT2D eigenvalue weighted by molar-refractivity contribution is 0.107. The van der Waals surface area contributed by atoms with Gasteiger partial charge in [0.15, 0.2) is 0 Å². The van der Waals surface area contributed by atoms with Crippen LogP contribution in [0.2, 0.25) is 0 Å². The van der Waals surface area contributed by atoms with Crippen LogP contribution in [0.15, 0.2) is 54.6 Å². The van der Waals surface area contributed by atoms with Crippen LogP contribution in [-0.2, 0) is 6.61 Å². The van der Waals surface area contributed by atoms with Gasteiger partial charge in [0.1, 0.15) is 12.4 Å². The number of aliphatic hydroxyl groups is 1. The zero-order valence-corrected chi connectivity index (χ0v) is 15.6. The van der Waals surface area contributed by atoms with Crippen molar-refractivity contribution < 1.29 is 9.84 Å². The summed E-state index contributed by atoms with van der Waals surface area (Å²) in [5.41, 5.74) is 2.08. The van der Waals surface area contributed by atoms with Crippen molar-refractivity contribution in [2.45, 2.75) is 38.5 Å². The molecule has 0 spiro atoms. The fraction of sp³-hybridized carbons (Fsp3) is 0.455. The molecule has 0 radical (unpaired) electrons. The van der Waals surface area contributed by atoms with Crippen LogP contribution in [0.25, 0.3) is 0 Å². The number of ether oxygens (including phenoxy) is 1. The topological polar surface area (TPSA) is 44.7 Å². The summed E-state index contributed by atoms with van der Waals surface area (Å²) in [5, 5.41) is 14.3. The van der Waals surface area contributed by atoms with Crippen molar-refractivity contribution >= 4 is 0 Å². The first kappa shape index (κ1) is 18.9. The van der Waals surface area contributed by atoms with Crippen LogP contribution < -0.4 is 10.1 Å². The summed E-state index contributed by atoms with van der Waals surface area (Å²) in [6.07, 6.45) is 2.02. The van der Waals surface area contributed by atoms with Crippen LogP contribution in [0.3, 0.4) is 0 Å². The highest BCUT2D eigenvalue weighted by molar-refractivity contribution is 5.29. The summed E-state index contributed by atoms with van der Waals surface area (Å²) in [4.78, 5) is 2.44. The molecule has 1 aliphatic heterocycles. The molecule has 0 saturated carbocycles. The molecule has 2 aromatic carbocycles. The first-order valence-corrected chi connectivity index (χ1v) is 9.66. The Balaban J connectivity index is 1.58. The lowest BCUT2D eigenvalue weighted by Gasteiger charge is -2.28. The summed E-state index contributed by atoms with van der Waals surface area (Å²) in [5.74, 6) is 0.823. The SMILES string of the molecule is CCNC(CN1CCCC1)C(O)c1ccc(OCc2ccccc2)cc1. The average Bonchev–Trinajstić information content (AvgIpc) is 3.20. The molecule has 1 heterocycles. The van der Waals surface area contributed by atoms with Crippen LogP contribution >= 0.6 is 0 Å². The first-order chi connectivity index (χ1) is 12.8. The predicted octanol–water partition coefficient (Wildman–Crippen LogP) is 3.37. The Bertz CT molecular complexity index is 639. The number of benzene rings is 2. The quantitative estimate of drug-likeness (QED) is 0.725. The van der Waals surface area contributed by atoms with Gasteiger partial charge >= 0.3 is 0 Å². The Morgan fingerprint density at radius 1 is 1.04 bits per heavy atom. The van der Waals surface area contributed by atoms with Gasteiger partial charge in [-0.1, -0.05) is 49.4 Å². The van der Waals surface area contributed by atoms with E-state index in [0.717, 1.165) is 43.1 Å². The van der Waals surface area contributed by atoms with Gasteiger partial charge in [-0.2, -0.15) is 0 Å². The van der Waals surface area contributed by atoms with E-state index in [9.17, 15) is 5.11 Å². The molecule has 0 amide bonds. The van der Waals surface area contributed by atoms with Crippen LogP contribution in [0, 0.1) is 0 Å². The molecule has 2 atom stereocenters. The molecule has 2 N–H and O–H groups in total. The third kappa shape index (κ3) is 5.31. The van der Waals surface area contributed by atoms with Crippen molar-refractivity contribution in [1.29, 1.82) is 0 Å². The van der Waals surface area contributed by atoms with Crippen LogP contribution in [0.1, 0.15) is 37.0 Å². The summed E-state index contributed by atoms with van der Waals surface area (Å²) in [7, 11) is 0. The van der Waals surface area contributed by atoms with Gasteiger partial charge in [0, 0.05) is 12.6 Å². The monoisotopic (exact) mass is 354 g/mol. The molecule has 3 rings (SSSR count). The van der Waals surface area contributed by atoms with E-state index in [1.54, 1.807) is 0 Å². The van der Waals surface area contributed by atoms with E-state index in [-0.39, 0.29) is 6.04 Å². The van der Waals surface area contributed by atoms with Crippen LogP contribution in [0.4, 0.5) is 0 Å². The number of hydrogen-bond acceptors (Lipinski definition) is 4. The minimum Gasteiger partial charge on any atom is -0.489 e. The summed E-state index contributed by atoms with van der Waals surface area (Å²) >= 11 is 0. The number of hydrogen-bond donors (Lipinski definition) is 2. The molecule has 0 aromatic heterocycles. The third-order valence-electron chi connectivity index (χ3n) is 4.97. The lowest BCUT2D eigenvalue weighted by Crippen LogP contribution is -2.44. The number of nitrogens with zero attached hydrogens (tertiary/aromatic N) is 1. The van der Waals surface area contributed by atoms with Crippen LogP contribution in [0.5, 0.6) is 5.75 Å². The predicted molar refractivity (Wildman–Crippen MR) is 105 cm³/mol. The number of likely N-dealkylation sites (N-methyl/N-ethyl adjacent to an activating group) is 1. The normalized spacial score (nSPS) is 17.2.